The molecule has 4 rings (SSSR count). The molecule has 1 aliphatic heterocycles. The number of hydrogen-bond acceptors (Lipinski definition) is 4. The van der Waals surface area contributed by atoms with E-state index in [1.54, 1.807) is 4.90 Å². The number of nitrogens with two attached hydrogens (primary N) is 1. The van der Waals surface area contributed by atoms with Crippen molar-refractivity contribution in [1.82, 2.24) is 0 Å². The molecule has 3 aromatic rings. The Balaban J connectivity index is 1.40. The Morgan fingerprint density at radius 1 is 0.969 bits per heavy atom. The average Bonchev–Trinajstić information content (AvgIpc) is 2.82. The van der Waals surface area contributed by atoms with Crippen LogP contribution in [0.3, 0.4) is 0 Å². The first-order chi connectivity index (χ1) is 15.6. The summed E-state index contributed by atoms with van der Waals surface area (Å²) in [6.07, 6.45) is 1.79. The van der Waals surface area contributed by atoms with Crippen LogP contribution in [0, 0.1) is 0 Å². The third kappa shape index (κ3) is 5.42. The molecular formula is C26H27ClN2O3. The van der Waals surface area contributed by atoms with Gasteiger partial charge < -0.3 is 20.1 Å². The lowest BCUT2D eigenvalue weighted by Gasteiger charge is -2.34. The number of hydrogen-bond donors (Lipinski definition) is 1. The summed E-state index contributed by atoms with van der Waals surface area (Å²) in [6, 6.07) is 23.2. The Bertz CT molecular complexity index is 1040. The summed E-state index contributed by atoms with van der Waals surface area (Å²) in [4.78, 5) is 15.0. The summed E-state index contributed by atoms with van der Waals surface area (Å²) >= 11 is 6.01. The third-order valence-electron chi connectivity index (χ3n) is 5.46. The summed E-state index contributed by atoms with van der Waals surface area (Å²) < 4.78 is 11.9. The van der Waals surface area contributed by atoms with Gasteiger partial charge in [-0.3, -0.25) is 4.79 Å². The maximum absolute atomic E-state index is 13.3. The van der Waals surface area contributed by atoms with Gasteiger partial charge in [-0.1, -0.05) is 48.0 Å². The van der Waals surface area contributed by atoms with Gasteiger partial charge in [-0.15, -0.1) is 0 Å². The van der Waals surface area contributed by atoms with E-state index >= 15 is 0 Å². The molecule has 5 nitrogen and oxygen atoms in total. The zero-order valence-corrected chi connectivity index (χ0v) is 18.6. The van der Waals surface area contributed by atoms with Gasteiger partial charge in [0.15, 0.2) is 6.10 Å². The second-order valence-corrected chi connectivity index (χ2v) is 8.23. The molecule has 0 saturated heterocycles. The Labute approximate surface area is 193 Å². The molecule has 2 N–H and O–H groups in total. The molecule has 0 aliphatic carbocycles. The molecule has 32 heavy (non-hydrogen) atoms. The van der Waals surface area contributed by atoms with Gasteiger partial charge in [0.2, 0.25) is 0 Å². The van der Waals surface area contributed by atoms with Crippen molar-refractivity contribution in [2.45, 2.75) is 31.9 Å². The highest BCUT2D eigenvalue weighted by Crippen LogP contribution is 2.35. The Hall–Kier alpha value is -3.02. The molecule has 0 bridgehead atoms. The lowest BCUT2D eigenvalue weighted by molar-refractivity contribution is -0.127. The standard InChI is InChI=1S/C26H27ClN2O3/c27-21-11-7-20(8-12-21)18-29-23-5-1-2-6-24(23)32-25(26(29)30)15-17-31-22-13-9-19(10-14-22)4-3-16-28/h1-2,5-14,25H,3-4,15-18,28H2. The van der Waals surface area contributed by atoms with Crippen molar-refractivity contribution in [3.63, 3.8) is 0 Å². The average molecular weight is 451 g/mol. The van der Waals surface area contributed by atoms with Crippen molar-refractivity contribution in [3.05, 3.63) is 88.9 Å². The molecule has 0 spiro atoms. The van der Waals surface area contributed by atoms with Gasteiger partial charge >= 0.3 is 0 Å². The number of fused-ring (bicyclic) bond motifs is 1. The normalized spacial score (nSPS) is 15.2. The molecule has 1 heterocycles. The molecule has 0 saturated carbocycles. The van der Waals surface area contributed by atoms with E-state index in [-0.39, 0.29) is 5.91 Å². The maximum atomic E-state index is 13.3. The summed E-state index contributed by atoms with van der Waals surface area (Å²) in [7, 11) is 0. The van der Waals surface area contributed by atoms with Crippen LogP contribution >= 0.6 is 11.6 Å². The molecule has 6 heteroatoms. The Kier molecular flexibility index (Phi) is 7.30. The number of aryl methyl sites for hydroxylation is 1. The molecule has 166 valence electrons. The van der Waals surface area contributed by atoms with Crippen molar-refractivity contribution >= 4 is 23.2 Å². The lowest BCUT2D eigenvalue weighted by atomic mass is 10.1. The van der Waals surface area contributed by atoms with E-state index in [4.69, 9.17) is 26.8 Å². The van der Waals surface area contributed by atoms with Crippen LogP contribution in [-0.2, 0) is 17.8 Å². The number of anilines is 1. The van der Waals surface area contributed by atoms with E-state index in [1.165, 1.54) is 5.56 Å². The van der Waals surface area contributed by atoms with E-state index in [0.29, 0.717) is 36.9 Å². The zero-order valence-electron chi connectivity index (χ0n) is 17.9. The second kappa shape index (κ2) is 10.5. The zero-order chi connectivity index (χ0) is 22.3. The summed E-state index contributed by atoms with van der Waals surface area (Å²) in [5.74, 6) is 1.41. The van der Waals surface area contributed by atoms with E-state index in [1.807, 2.05) is 60.7 Å². The van der Waals surface area contributed by atoms with Crippen LogP contribution in [0.5, 0.6) is 11.5 Å². The van der Waals surface area contributed by atoms with Gasteiger partial charge in [-0.2, -0.15) is 0 Å². The van der Waals surface area contributed by atoms with Gasteiger partial charge in [0, 0.05) is 11.4 Å². The van der Waals surface area contributed by atoms with Gasteiger partial charge in [-0.05, 0) is 66.9 Å². The quantitative estimate of drug-likeness (QED) is 0.498. The van der Waals surface area contributed by atoms with Crippen LogP contribution in [0.25, 0.3) is 0 Å². The molecule has 1 atom stereocenters. The number of benzene rings is 3. The van der Waals surface area contributed by atoms with Crippen LogP contribution in [0.4, 0.5) is 5.69 Å². The highest BCUT2D eigenvalue weighted by molar-refractivity contribution is 6.30. The molecular weight excluding hydrogens is 424 g/mol. The van der Waals surface area contributed by atoms with Crippen LogP contribution in [-0.4, -0.2) is 25.2 Å². The molecule has 1 aliphatic rings. The minimum atomic E-state index is -0.596. The van der Waals surface area contributed by atoms with E-state index in [0.717, 1.165) is 29.8 Å². The van der Waals surface area contributed by atoms with E-state index < -0.39 is 6.10 Å². The fraction of sp³-hybridized carbons (Fsp3) is 0.269. The van der Waals surface area contributed by atoms with Crippen LogP contribution in [0.1, 0.15) is 24.0 Å². The number of rotatable bonds is 9. The van der Waals surface area contributed by atoms with Crippen LogP contribution in [0.15, 0.2) is 72.8 Å². The maximum Gasteiger partial charge on any atom is 0.268 e. The minimum Gasteiger partial charge on any atom is -0.493 e. The largest absolute Gasteiger partial charge is 0.493 e. The fourth-order valence-corrected chi connectivity index (χ4v) is 3.86. The van der Waals surface area contributed by atoms with Crippen molar-refractivity contribution in [2.24, 2.45) is 5.73 Å². The number of amides is 1. The summed E-state index contributed by atoms with van der Waals surface area (Å²) in [5, 5.41) is 0.671. The van der Waals surface area contributed by atoms with Crippen molar-refractivity contribution < 1.29 is 14.3 Å². The number of halogens is 1. The molecule has 1 unspecified atom stereocenters. The molecule has 1 amide bonds. The number of ether oxygens (including phenoxy) is 2. The van der Waals surface area contributed by atoms with Crippen molar-refractivity contribution in [2.75, 3.05) is 18.1 Å². The van der Waals surface area contributed by atoms with E-state index in [2.05, 4.69) is 12.1 Å². The lowest BCUT2D eigenvalue weighted by Crippen LogP contribution is -2.46. The first-order valence-corrected chi connectivity index (χ1v) is 11.2. The molecule has 0 fully saturated rings. The van der Waals surface area contributed by atoms with Crippen molar-refractivity contribution in [3.8, 4) is 11.5 Å². The fourth-order valence-electron chi connectivity index (χ4n) is 3.74. The second-order valence-electron chi connectivity index (χ2n) is 7.80. The summed E-state index contributed by atoms with van der Waals surface area (Å²) in [5.41, 5.74) is 8.59. The highest BCUT2D eigenvalue weighted by atomic mass is 35.5. The topological polar surface area (TPSA) is 64.8 Å². The molecule has 0 radical (unpaired) electrons. The number of nitrogens with zero attached hydrogens (tertiary/aromatic N) is 1. The van der Waals surface area contributed by atoms with Gasteiger partial charge in [0.05, 0.1) is 18.8 Å². The SMILES string of the molecule is NCCCc1ccc(OCCC2Oc3ccccc3N(Cc3ccc(Cl)cc3)C2=O)cc1. The minimum absolute atomic E-state index is 0.0700. The number of para-hydroxylation sites is 2. The van der Waals surface area contributed by atoms with Crippen molar-refractivity contribution in [1.29, 1.82) is 0 Å². The predicted octanol–water partition coefficient (Wildman–Crippen LogP) is 4.99. The first-order valence-electron chi connectivity index (χ1n) is 10.9. The Morgan fingerprint density at radius 3 is 2.44 bits per heavy atom. The third-order valence-corrected chi connectivity index (χ3v) is 5.71. The smallest absolute Gasteiger partial charge is 0.268 e. The summed E-state index contributed by atoms with van der Waals surface area (Å²) in [6.45, 7) is 1.53. The van der Waals surface area contributed by atoms with Crippen LogP contribution in [0.2, 0.25) is 5.02 Å². The van der Waals surface area contributed by atoms with Crippen LogP contribution < -0.4 is 20.1 Å². The van der Waals surface area contributed by atoms with Gasteiger partial charge in [0.1, 0.15) is 11.5 Å². The van der Waals surface area contributed by atoms with Gasteiger partial charge in [-0.25, -0.2) is 0 Å². The predicted molar refractivity (Wildman–Crippen MR) is 127 cm³/mol. The highest BCUT2D eigenvalue weighted by Gasteiger charge is 2.34. The number of carbonyl (C=O) groups excluding carboxylic acids is 1. The Morgan fingerprint density at radius 2 is 1.69 bits per heavy atom. The molecule has 3 aromatic carbocycles. The van der Waals surface area contributed by atoms with Gasteiger partial charge in [0.25, 0.3) is 5.91 Å². The molecule has 0 aromatic heterocycles. The monoisotopic (exact) mass is 450 g/mol. The number of carbonyl (C=O) groups is 1. The van der Waals surface area contributed by atoms with E-state index in [9.17, 15) is 4.79 Å². The first kappa shape index (κ1) is 22.2.